The number of carbonyl (C=O) groups is 2. The van der Waals surface area contributed by atoms with Gasteiger partial charge >= 0.3 is 5.97 Å². The molecule has 2 aliphatic carbocycles. The predicted molar refractivity (Wildman–Crippen MR) is 137 cm³/mol. The second-order valence-corrected chi connectivity index (χ2v) is 10.6. The SMILES string of the molecule is CC(C)(NC(=O)c1cc2c(n(CC3CCCCC3)c1=O)CCCCCC2)C(=O)Oc1ccccc1. The van der Waals surface area contributed by atoms with Crippen LogP contribution in [0.1, 0.15) is 93.3 Å². The van der Waals surface area contributed by atoms with Crippen LogP contribution in [0.5, 0.6) is 5.75 Å². The van der Waals surface area contributed by atoms with Crippen LogP contribution in [-0.4, -0.2) is 22.0 Å². The molecule has 188 valence electrons. The van der Waals surface area contributed by atoms with E-state index < -0.39 is 17.4 Å². The number of aryl methyl sites for hydroxylation is 1. The van der Waals surface area contributed by atoms with Crippen molar-refractivity contribution in [1.82, 2.24) is 9.88 Å². The number of hydrogen-bond acceptors (Lipinski definition) is 4. The average Bonchev–Trinajstić information content (AvgIpc) is 2.82. The third kappa shape index (κ3) is 6.22. The highest BCUT2D eigenvalue weighted by Crippen LogP contribution is 2.27. The lowest BCUT2D eigenvalue weighted by molar-refractivity contribution is -0.140. The summed E-state index contributed by atoms with van der Waals surface area (Å²) in [5.74, 6) is -0.208. The van der Waals surface area contributed by atoms with Crippen molar-refractivity contribution < 1.29 is 14.3 Å². The Morgan fingerprint density at radius 2 is 1.63 bits per heavy atom. The van der Waals surface area contributed by atoms with Crippen LogP contribution in [-0.2, 0) is 24.2 Å². The summed E-state index contributed by atoms with van der Waals surface area (Å²) >= 11 is 0. The first-order valence-corrected chi connectivity index (χ1v) is 13.2. The Morgan fingerprint density at radius 1 is 0.971 bits per heavy atom. The molecule has 0 bridgehead atoms. The lowest BCUT2D eigenvalue weighted by Crippen LogP contribution is -2.53. The number of carbonyl (C=O) groups excluding carboxylic acids is 2. The molecule has 35 heavy (non-hydrogen) atoms. The molecule has 1 aromatic heterocycles. The molecule has 2 aromatic rings. The van der Waals surface area contributed by atoms with Gasteiger partial charge in [0, 0.05) is 12.2 Å². The number of pyridine rings is 1. The molecule has 0 aliphatic heterocycles. The van der Waals surface area contributed by atoms with Crippen molar-refractivity contribution in [2.24, 2.45) is 5.92 Å². The van der Waals surface area contributed by atoms with Crippen LogP contribution in [0.25, 0.3) is 0 Å². The van der Waals surface area contributed by atoms with E-state index >= 15 is 0 Å². The maximum atomic E-state index is 13.7. The quantitative estimate of drug-likeness (QED) is 0.457. The van der Waals surface area contributed by atoms with Crippen LogP contribution in [0.4, 0.5) is 0 Å². The number of nitrogens with one attached hydrogen (secondary N) is 1. The standard InChI is InChI=1S/C29H38N2O4/c1-29(2,28(34)35-23-16-10-6-11-17-23)30-26(32)24-19-22-15-9-3-4-12-18-25(22)31(27(24)33)20-21-13-7-5-8-14-21/h6,10-11,16-17,19,21H,3-5,7-9,12-15,18,20H2,1-2H3,(H,30,32). The van der Waals surface area contributed by atoms with Gasteiger partial charge in [-0.25, -0.2) is 4.79 Å². The van der Waals surface area contributed by atoms with Crippen molar-refractivity contribution >= 4 is 11.9 Å². The van der Waals surface area contributed by atoms with Crippen molar-refractivity contribution in [2.45, 2.75) is 96.6 Å². The monoisotopic (exact) mass is 478 g/mol. The molecule has 2 aliphatic rings. The van der Waals surface area contributed by atoms with Gasteiger partial charge in [0.15, 0.2) is 0 Å². The van der Waals surface area contributed by atoms with Gasteiger partial charge in [-0.3, -0.25) is 9.59 Å². The van der Waals surface area contributed by atoms with Gasteiger partial charge in [0.1, 0.15) is 16.9 Å². The van der Waals surface area contributed by atoms with E-state index in [1.807, 2.05) is 10.6 Å². The zero-order valence-corrected chi connectivity index (χ0v) is 21.1. The Bertz CT molecular complexity index is 1100. The molecule has 1 aromatic carbocycles. The highest BCUT2D eigenvalue weighted by Gasteiger charge is 2.33. The molecule has 1 N–H and O–H groups in total. The Balaban J connectivity index is 1.61. The molecule has 4 rings (SSSR count). The van der Waals surface area contributed by atoms with Gasteiger partial charge in [0.05, 0.1) is 0 Å². The fourth-order valence-corrected chi connectivity index (χ4v) is 5.34. The van der Waals surface area contributed by atoms with Crippen LogP contribution in [0, 0.1) is 5.92 Å². The van der Waals surface area contributed by atoms with Crippen LogP contribution in [0.2, 0.25) is 0 Å². The van der Waals surface area contributed by atoms with Crippen molar-refractivity contribution in [3.05, 3.63) is 63.6 Å². The summed E-state index contributed by atoms with van der Waals surface area (Å²) in [7, 11) is 0. The van der Waals surface area contributed by atoms with Gasteiger partial charge in [-0.05, 0) is 82.1 Å². The molecule has 1 heterocycles. The Morgan fingerprint density at radius 3 is 2.34 bits per heavy atom. The zero-order valence-electron chi connectivity index (χ0n) is 21.1. The minimum absolute atomic E-state index is 0.126. The molecule has 6 nitrogen and oxygen atoms in total. The Kier molecular flexibility index (Phi) is 8.09. The van der Waals surface area contributed by atoms with Gasteiger partial charge < -0.3 is 14.6 Å². The number of amides is 1. The number of rotatable bonds is 6. The lowest BCUT2D eigenvalue weighted by atomic mass is 9.88. The van der Waals surface area contributed by atoms with E-state index in [0.717, 1.165) is 49.8 Å². The number of fused-ring (bicyclic) bond motifs is 1. The summed E-state index contributed by atoms with van der Waals surface area (Å²) in [5, 5.41) is 2.77. The summed E-state index contributed by atoms with van der Waals surface area (Å²) in [4.78, 5) is 39.9. The van der Waals surface area contributed by atoms with E-state index in [1.165, 1.54) is 32.1 Å². The Hall–Kier alpha value is -2.89. The van der Waals surface area contributed by atoms with Crippen LogP contribution in [0.15, 0.2) is 41.2 Å². The molecule has 1 fully saturated rings. The molecule has 0 saturated heterocycles. The predicted octanol–water partition coefficient (Wildman–Crippen LogP) is 5.20. The summed E-state index contributed by atoms with van der Waals surface area (Å²) in [6, 6.07) is 10.6. The smallest absolute Gasteiger partial charge is 0.336 e. The van der Waals surface area contributed by atoms with Crippen molar-refractivity contribution in [3.8, 4) is 5.75 Å². The van der Waals surface area contributed by atoms with Crippen molar-refractivity contribution in [1.29, 1.82) is 0 Å². The molecule has 1 saturated carbocycles. The van der Waals surface area contributed by atoms with Gasteiger partial charge in [-0.2, -0.15) is 0 Å². The van der Waals surface area contributed by atoms with E-state index in [2.05, 4.69) is 5.32 Å². The second-order valence-electron chi connectivity index (χ2n) is 10.6. The van der Waals surface area contributed by atoms with E-state index in [4.69, 9.17) is 4.74 Å². The van der Waals surface area contributed by atoms with Crippen LogP contribution >= 0.6 is 0 Å². The molecular formula is C29H38N2O4. The van der Waals surface area contributed by atoms with E-state index in [1.54, 1.807) is 44.2 Å². The first-order valence-electron chi connectivity index (χ1n) is 13.2. The largest absolute Gasteiger partial charge is 0.425 e. The molecule has 0 spiro atoms. The number of esters is 1. The summed E-state index contributed by atoms with van der Waals surface area (Å²) in [6.45, 7) is 3.89. The van der Waals surface area contributed by atoms with Crippen LogP contribution in [0.3, 0.4) is 0 Å². The summed E-state index contributed by atoms with van der Waals surface area (Å²) in [6.07, 6.45) is 12.2. The average molecular weight is 479 g/mol. The highest BCUT2D eigenvalue weighted by molar-refractivity contribution is 5.98. The van der Waals surface area contributed by atoms with E-state index in [9.17, 15) is 14.4 Å². The highest BCUT2D eigenvalue weighted by atomic mass is 16.5. The van der Waals surface area contributed by atoms with E-state index in [0.29, 0.717) is 18.2 Å². The molecule has 6 heteroatoms. The van der Waals surface area contributed by atoms with Gasteiger partial charge in [0.25, 0.3) is 11.5 Å². The molecule has 1 amide bonds. The third-order valence-electron chi connectivity index (χ3n) is 7.40. The molecule has 0 unspecified atom stereocenters. The molecule has 0 atom stereocenters. The zero-order chi connectivity index (χ0) is 24.8. The number of benzene rings is 1. The molecule has 0 radical (unpaired) electrons. The Labute approximate surface area is 208 Å². The lowest BCUT2D eigenvalue weighted by Gasteiger charge is -2.27. The second kappa shape index (κ2) is 11.2. The van der Waals surface area contributed by atoms with Gasteiger partial charge in [-0.1, -0.05) is 50.3 Å². The number of aromatic nitrogens is 1. The van der Waals surface area contributed by atoms with Crippen molar-refractivity contribution in [3.63, 3.8) is 0 Å². The molecular weight excluding hydrogens is 440 g/mol. The van der Waals surface area contributed by atoms with Crippen molar-refractivity contribution in [2.75, 3.05) is 0 Å². The minimum Gasteiger partial charge on any atom is -0.425 e. The van der Waals surface area contributed by atoms with Gasteiger partial charge in [0.2, 0.25) is 0 Å². The third-order valence-corrected chi connectivity index (χ3v) is 7.40. The maximum Gasteiger partial charge on any atom is 0.336 e. The van der Waals surface area contributed by atoms with Gasteiger partial charge in [-0.15, -0.1) is 0 Å². The number of nitrogens with zero attached hydrogens (tertiary/aromatic N) is 1. The minimum atomic E-state index is -1.29. The first kappa shape index (κ1) is 25.2. The topological polar surface area (TPSA) is 77.4 Å². The fourth-order valence-electron chi connectivity index (χ4n) is 5.34. The number of ether oxygens (including phenoxy) is 1. The first-order chi connectivity index (χ1) is 16.8. The summed E-state index contributed by atoms with van der Waals surface area (Å²) < 4.78 is 7.36. The maximum absolute atomic E-state index is 13.7. The normalized spacial score (nSPS) is 17.1. The summed E-state index contributed by atoms with van der Waals surface area (Å²) in [5.41, 5.74) is 0.813. The number of hydrogen-bond donors (Lipinski definition) is 1. The van der Waals surface area contributed by atoms with Crippen LogP contribution < -0.4 is 15.6 Å². The number of para-hydroxylation sites is 1. The fraction of sp³-hybridized carbons (Fsp3) is 0.552. The van der Waals surface area contributed by atoms with E-state index in [-0.39, 0.29) is 11.1 Å².